The molecule has 2 aliphatic heterocycles. The van der Waals surface area contributed by atoms with Gasteiger partial charge >= 0.3 is 0 Å². The van der Waals surface area contributed by atoms with Crippen LogP contribution in [0, 0.1) is 0 Å². The molecule has 1 atom stereocenters. The molecule has 20 heavy (non-hydrogen) atoms. The molecular weight excluding hydrogens is 250 g/mol. The Labute approximate surface area is 120 Å². The molecule has 108 valence electrons. The predicted octanol–water partition coefficient (Wildman–Crippen LogP) is 1.80. The third-order valence-electron chi connectivity index (χ3n) is 4.41. The number of amides is 1. The number of rotatable bonds is 3. The highest BCUT2D eigenvalue weighted by Crippen LogP contribution is 2.21. The van der Waals surface area contributed by atoms with E-state index in [9.17, 15) is 4.79 Å². The van der Waals surface area contributed by atoms with Crippen molar-refractivity contribution in [1.29, 1.82) is 0 Å². The Morgan fingerprint density at radius 1 is 1.15 bits per heavy atom. The number of carbonyl (C=O) groups is 1. The van der Waals surface area contributed by atoms with Crippen molar-refractivity contribution in [3.63, 3.8) is 0 Å². The summed E-state index contributed by atoms with van der Waals surface area (Å²) in [5.41, 5.74) is 1.01. The van der Waals surface area contributed by atoms with Crippen LogP contribution in [0.4, 0.5) is 5.69 Å². The van der Waals surface area contributed by atoms with E-state index in [2.05, 4.69) is 10.2 Å². The van der Waals surface area contributed by atoms with E-state index in [1.54, 1.807) is 0 Å². The van der Waals surface area contributed by atoms with Crippen LogP contribution in [0.3, 0.4) is 0 Å². The van der Waals surface area contributed by atoms with Gasteiger partial charge in [-0.05, 0) is 31.5 Å². The highest BCUT2D eigenvalue weighted by Gasteiger charge is 2.30. The first-order valence-electron chi connectivity index (χ1n) is 7.64. The minimum absolute atomic E-state index is 0.221. The molecule has 2 heterocycles. The summed E-state index contributed by atoms with van der Waals surface area (Å²) in [6, 6.07) is 10.5. The zero-order chi connectivity index (χ0) is 13.8. The van der Waals surface area contributed by atoms with Crippen LogP contribution in [0.15, 0.2) is 30.3 Å². The third kappa shape index (κ3) is 3.12. The predicted molar refractivity (Wildman–Crippen MR) is 80.7 cm³/mol. The summed E-state index contributed by atoms with van der Waals surface area (Å²) in [5, 5.41) is 3.21. The number of hydrogen-bond acceptors (Lipinski definition) is 3. The van der Waals surface area contributed by atoms with Gasteiger partial charge in [0, 0.05) is 31.4 Å². The lowest BCUT2D eigenvalue weighted by atomic mass is 9.99. The first-order valence-corrected chi connectivity index (χ1v) is 7.64. The van der Waals surface area contributed by atoms with Crippen LogP contribution in [0.2, 0.25) is 0 Å². The monoisotopic (exact) mass is 273 g/mol. The summed E-state index contributed by atoms with van der Waals surface area (Å²) in [6.45, 7) is 4.45. The number of nitrogens with one attached hydrogen (secondary N) is 1. The summed E-state index contributed by atoms with van der Waals surface area (Å²) < 4.78 is 0. The van der Waals surface area contributed by atoms with Gasteiger partial charge in [-0.2, -0.15) is 0 Å². The molecule has 0 radical (unpaired) electrons. The summed E-state index contributed by atoms with van der Waals surface area (Å²) >= 11 is 0. The first kappa shape index (κ1) is 13.4. The Morgan fingerprint density at radius 3 is 2.85 bits per heavy atom. The van der Waals surface area contributed by atoms with Crippen LogP contribution in [0.5, 0.6) is 0 Å². The first-order chi connectivity index (χ1) is 9.83. The van der Waals surface area contributed by atoms with Gasteiger partial charge in [0.1, 0.15) is 0 Å². The van der Waals surface area contributed by atoms with Crippen LogP contribution in [-0.4, -0.2) is 54.5 Å². The van der Waals surface area contributed by atoms with Gasteiger partial charge in [0.05, 0.1) is 6.54 Å². The van der Waals surface area contributed by atoms with Crippen LogP contribution in [0.25, 0.3) is 0 Å². The number of piperidine rings is 1. The summed E-state index contributed by atoms with van der Waals surface area (Å²) in [5.74, 6) is 0.221. The molecule has 2 fully saturated rings. The second-order valence-electron chi connectivity index (χ2n) is 5.74. The molecule has 1 amide bonds. The van der Waals surface area contributed by atoms with Crippen molar-refractivity contribution in [2.45, 2.75) is 25.3 Å². The highest BCUT2D eigenvalue weighted by atomic mass is 16.2. The molecule has 1 unspecified atom stereocenters. The van der Waals surface area contributed by atoms with E-state index >= 15 is 0 Å². The number of nitrogens with zero attached hydrogens (tertiary/aromatic N) is 2. The standard InChI is InChI=1S/C16H23N3O/c20-16(12-17-14-6-2-1-3-7-14)19-11-10-18-9-5-4-8-15(18)13-19/h1-3,6-7,15,17H,4-5,8-13H2. The Morgan fingerprint density at radius 2 is 2.00 bits per heavy atom. The van der Waals surface area contributed by atoms with Crippen molar-refractivity contribution in [3.05, 3.63) is 30.3 Å². The van der Waals surface area contributed by atoms with Crippen molar-refractivity contribution in [2.75, 3.05) is 38.0 Å². The smallest absolute Gasteiger partial charge is 0.241 e. The molecule has 1 aromatic rings. The number of hydrogen-bond donors (Lipinski definition) is 1. The lowest BCUT2D eigenvalue weighted by Crippen LogP contribution is -2.56. The maximum absolute atomic E-state index is 12.3. The van der Waals surface area contributed by atoms with Crippen molar-refractivity contribution in [3.8, 4) is 0 Å². The fraction of sp³-hybridized carbons (Fsp3) is 0.562. The maximum Gasteiger partial charge on any atom is 0.241 e. The lowest BCUT2D eigenvalue weighted by molar-refractivity contribution is -0.132. The molecule has 0 saturated carbocycles. The Hall–Kier alpha value is -1.55. The van der Waals surface area contributed by atoms with Gasteiger partial charge in [0.2, 0.25) is 5.91 Å². The minimum atomic E-state index is 0.221. The van der Waals surface area contributed by atoms with Gasteiger partial charge in [0.25, 0.3) is 0 Å². The molecule has 2 aliphatic rings. The van der Waals surface area contributed by atoms with Gasteiger partial charge in [0.15, 0.2) is 0 Å². The van der Waals surface area contributed by atoms with Crippen LogP contribution < -0.4 is 5.32 Å². The van der Waals surface area contributed by atoms with Crippen LogP contribution in [0.1, 0.15) is 19.3 Å². The fourth-order valence-corrected chi connectivity index (χ4v) is 3.23. The van der Waals surface area contributed by atoms with E-state index in [-0.39, 0.29) is 5.91 Å². The molecule has 1 N–H and O–H groups in total. The Bertz CT molecular complexity index is 448. The van der Waals surface area contributed by atoms with E-state index in [1.807, 2.05) is 35.2 Å². The molecular formula is C16H23N3O. The SMILES string of the molecule is O=C(CNc1ccccc1)N1CCN2CCCCC2C1. The Kier molecular flexibility index (Phi) is 4.21. The largest absolute Gasteiger partial charge is 0.376 e. The van der Waals surface area contributed by atoms with Gasteiger partial charge in [-0.25, -0.2) is 0 Å². The van der Waals surface area contributed by atoms with E-state index in [4.69, 9.17) is 0 Å². The average Bonchev–Trinajstić information content (AvgIpc) is 2.53. The maximum atomic E-state index is 12.3. The molecule has 4 heteroatoms. The topological polar surface area (TPSA) is 35.6 Å². The number of anilines is 1. The van der Waals surface area contributed by atoms with E-state index in [0.717, 1.165) is 25.3 Å². The second-order valence-corrected chi connectivity index (χ2v) is 5.74. The zero-order valence-corrected chi connectivity index (χ0v) is 11.9. The molecule has 3 rings (SSSR count). The molecule has 4 nitrogen and oxygen atoms in total. The number of piperazine rings is 1. The van der Waals surface area contributed by atoms with Crippen LogP contribution in [-0.2, 0) is 4.79 Å². The van der Waals surface area contributed by atoms with Gasteiger partial charge in [-0.15, -0.1) is 0 Å². The molecule has 0 aliphatic carbocycles. The molecule has 0 aromatic heterocycles. The third-order valence-corrected chi connectivity index (χ3v) is 4.41. The van der Waals surface area contributed by atoms with Crippen molar-refractivity contribution in [1.82, 2.24) is 9.80 Å². The minimum Gasteiger partial charge on any atom is -0.376 e. The van der Waals surface area contributed by atoms with Crippen molar-refractivity contribution >= 4 is 11.6 Å². The molecule has 2 saturated heterocycles. The number of para-hydroxylation sites is 1. The molecule has 0 spiro atoms. The van der Waals surface area contributed by atoms with E-state index in [0.29, 0.717) is 12.6 Å². The highest BCUT2D eigenvalue weighted by molar-refractivity contribution is 5.81. The number of fused-ring (bicyclic) bond motifs is 1. The fourth-order valence-electron chi connectivity index (χ4n) is 3.23. The quantitative estimate of drug-likeness (QED) is 0.912. The molecule has 0 bridgehead atoms. The Balaban J connectivity index is 1.50. The van der Waals surface area contributed by atoms with Crippen molar-refractivity contribution < 1.29 is 4.79 Å². The van der Waals surface area contributed by atoms with E-state index in [1.165, 1.54) is 25.8 Å². The molecule has 1 aromatic carbocycles. The normalized spacial score (nSPS) is 23.2. The lowest BCUT2D eigenvalue weighted by Gasteiger charge is -2.44. The zero-order valence-electron chi connectivity index (χ0n) is 11.9. The number of benzene rings is 1. The van der Waals surface area contributed by atoms with Crippen LogP contribution >= 0.6 is 0 Å². The summed E-state index contributed by atoms with van der Waals surface area (Å²) in [6.07, 6.45) is 3.88. The van der Waals surface area contributed by atoms with Gasteiger partial charge in [-0.3, -0.25) is 9.69 Å². The van der Waals surface area contributed by atoms with E-state index < -0.39 is 0 Å². The second kappa shape index (κ2) is 6.27. The summed E-state index contributed by atoms with van der Waals surface area (Å²) in [4.78, 5) is 16.9. The van der Waals surface area contributed by atoms with Gasteiger partial charge < -0.3 is 10.2 Å². The average molecular weight is 273 g/mol. The number of carbonyl (C=O) groups excluding carboxylic acids is 1. The summed E-state index contributed by atoms with van der Waals surface area (Å²) in [7, 11) is 0. The van der Waals surface area contributed by atoms with Crippen molar-refractivity contribution in [2.24, 2.45) is 0 Å². The van der Waals surface area contributed by atoms with Gasteiger partial charge in [-0.1, -0.05) is 24.6 Å².